The van der Waals surface area contributed by atoms with Crippen LogP contribution in [0.5, 0.6) is 0 Å². The predicted octanol–water partition coefficient (Wildman–Crippen LogP) is 3.83. The van der Waals surface area contributed by atoms with Gasteiger partial charge >= 0.3 is 0 Å². The topological polar surface area (TPSA) is 46.9 Å². The second-order valence-electron chi connectivity index (χ2n) is 4.96. The summed E-state index contributed by atoms with van der Waals surface area (Å²) in [4.78, 5) is 12.0. The van der Waals surface area contributed by atoms with Gasteiger partial charge in [-0.05, 0) is 12.1 Å². The van der Waals surface area contributed by atoms with Crippen LogP contribution in [-0.2, 0) is 0 Å². The second kappa shape index (κ2) is 6.41. The fraction of sp³-hybridized carbons (Fsp3) is 0.0588. The van der Waals surface area contributed by atoms with E-state index in [0.717, 1.165) is 22.9 Å². The molecule has 0 bridgehead atoms. The zero-order valence-electron chi connectivity index (χ0n) is 12.6. The Labute approximate surface area is 141 Å². The van der Waals surface area contributed by atoms with Gasteiger partial charge in [0.2, 0.25) is 0 Å². The molecule has 2 aromatic carbocycles. The van der Waals surface area contributed by atoms with E-state index in [2.05, 4.69) is 10.4 Å². The van der Waals surface area contributed by atoms with Gasteiger partial charge in [-0.1, -0.05) is 41.9 Å². The van der Waals surface area contributed by atoms with E-state index < -0.39 is 17.5 Å². The van der Waals surface area contributed by atoms with Gasteiger partial charge in [0.1, 0.15) is 22.3 Å². The lowest BCUT2D eigenvalue weighted by molar-refractivity contribution is 0.0958. The highest BCUT2D eigenvalue weighted by atomic mass is 35.5. The maximum absolute atomic E-state index is 14.2. The highest BCUT2D eigenvalue weighted by molar-refractivity contribution is 6.36. The highest BCUT2D eigenvalue weighted by Crippen LogP contribution is 2.33. The van der Waals surface area contributed by atoms with Crippen molar-refractivity contribution in [1.29, 1.82) is 0 Å². The minimum absolute atomic E-state index is 0.0595. The predicted molar refractivity (Wildman–Crippen MR) is 87.3 cm³/mol. The van der Waals surface area contributed by atoms with Crippen molar-refractivity contribution in [3.63, 3.8) is 0 Å². The summed E-state index contributed by atoms with van der Waals surface area (Å²) >= 11 is 6.32. The van der Waals surface area contributed by atoms with Crippen LogP contribution in [0.1, 0.15) is 10.5 Å². The molecule has 7 heteroatoms. The van der Waals surface area contributed by atoms with E-state index in [1.165, 1.54) is 7.05 Å². The average Bonchev–Trinajstić information content (AvgIpc) is 2.94. The number of rotatable bonds is 3. The maximum Gasteiger partial charge on any atom is 0.273 e. The van der Waals surface area contributed by atoms with Crippen molar-refractivity contribution < 1.29 is 13.6 Å². The first-order valence-corrected chi connectivity index (χ1v) is 7.42. The Morgan fingerprint density at radius 3 is 2.54 bits per heavy atom. The van der Waals surface area contributed by atoms with E-state index in [-0.39, 0.29) is 16.4 Å². The minimum atomic E-state index is -0.684. The molecule has 0 spiro atoms. The van der Waals surface area contributed by atoms with E-state index in [0.29, 0.717) is 11.3 Å². The van der Waals surface area contributed by atoms with Gasteiger partial charge in [-0.3, -0.25) is 4.79 Å². The summed E-state index contributed by atoms with van der Waals surface area (Å²) in [6, 6.07) is 11.8. The molecular formula is C17H12ClF2N3O. The summed E-state index contributed by atoms with van der Waals surface area (Å²) in [7, 11) is 1.43. The molecule has 0 aliphatic rings. The maximum atomic E-state index is 14.2. The van der Waals surface area contributed by atoms with Crippen LogP contribution in [0.2, 0.25) is 5.02 Å². The smallest absolute Gasteiger partial charge is 0.273 e. The van der Waals surface area contributed by atoms with Crippen LogP contribution >= 0.6 is 11.6 Å². The number of halogens is 3. The molecule has 1 N–H and O–H groups in total. The monoisotopic (exact) mass is 347 g/mol. The van der Waals surface area contributed by atoms with Gasteiger partial charge in [-0.2, -0.15) is 5.10 Å². The lowest BCUT2D eigenvalue weighted by Gasteiger charge is -2.09. The molecule has 4 nitrogen and oxygen atoms in total. The van der Waals surface area contributed by atoms with Gasteiger partial charge in [-0.25, -0.2) is 13.5 Å². The Balaban J connectivity index is 2.32. The van der Waals surface area contributed by atoms with E-state index in [1.54, 1.807) is 30.3 Å². The molecule has 1 aromatic heterocycles. The summed E-state index contributed by atoms with van der Waals surface area (Å²) in [6.45, 7) is 0. The molecule has 0 saturated heterocycles. The molecule has 3 rings (SSSR count). The fourth-order valence-electron chi connectivity index (χ4n) is 2.33. The SMILES string of the molecule is CNC(=O)c1nn(-c2cc(F)ccc2F)c(-c2ccccc2)c1Cl. The van der Waals surface area contributed by atoms with Crippen LogP contribution < -0.4 is 5.32 Å². The first-order chi connectivity index (χ1) is 11.5. The van der Waals surface area contributed by atoms with Crippen molar-refractivity contribution in [3.05, 3.63) is 70.9 Å². The fourth-order valence-corrected chi connectivity index (χ4v) is 2.64. The second-order valence-corrected chi connectivity index (χ2v) is 5.34. The Morgan fingerprint density at radius 1 is 1.17 bits per heavy atom. The number of aromatic nitrogens is 2. The molecule has 24 heavy (non-hydrogen) atoms. The number of hydrogen-bond donors (Lipinski definition) is 1. The van der Waals surface area contributed by atoms with Crippen molar-refractivity contribution in [2.75, 3.05) is 7.05 Å². The first-order valence-electron chi connectivity index (χ1n) is 7.04. The van der Waals surface area contributed by atoms with Crippen molar-refractivity contribution in [1.82, 2.24) is 15.1 Å². The molecule has 0 saturated carbocycles. The number of nitrogens with zero attached hydrogens (tertiary/aromatic N) is 2. The van der Waals surface area contributed by atoms with Crippen molar-refractivity contribution in [2.45, 2.75) is 0 Å². The third-order valence-electron chi connectivity index (χ3n) is 3.45. The number of nitrogens with one attached hydrogen (secondary N) is 1. The molecule has 0 radical (unpaired) electrons. The molecular weight excluding hydrogens is 336 g/mol. The van der Waals surface area contributed by atoms with E-state index in [9.17, 15) is 13.6 Å². The summed E-state index contributed by atoms with van der Waals surface area (Å²) in [5, 5.41) is 6.58. The number of benzene rings is 2. The summed E-state index contributed by atoms with van der Waals surface area (Å²) in [6.07, 6.45) is 0. The summed E-state index contributed by atoms with van der Waals surface area (Å²) < 4.78 is 28.9. The Morgan fingerprint density at radius 2 is 1.88 bits per heavy atom. The molecule has 0 unspecified atom stereocenters. The summed E-state index contributed by atoms with van der Waals surface area (Å²) in [5.74, 6) is -1.83. The van der Waals surface area contributed by atoms with Crippen LogP contribution in [-0.4, -0.2) is 22.7 Å². The van der Waals surface area contributed by atoms with Gasteiger partial charge in [0, 0.05) is 18.7 Å². The minimum Gasteiger partial charge on any atom is -0.354 e. The highest BCUT2D eigenvalue weighted by Gasteiger charge is 2.24. The molecule has 0 aliphatic heterocycles. The molecule has 1 amide bonds. The number of hydrogen-bond acceptors (Lipinski definition) is 2. The zero-order chi connectivity index (χ0) is 17.3. The molecule has 3 aromatic rings. The van der Waals surface area contributed by atoms with E-state index in [4.69, 9.17) is 11.6 Å². The van der Waals surface area contributed by atoms with Crippen LogP contribution in [0.4, 0.5) is 8.78 Å². The normalized spacial score (nSPS) is 10.7. The Hall–Kier alpha value is -2.73. The van der Waals surface area contributed by atoms with Gasteiger partial charge < -0.3 is 5.32 Å². The van der Waals surface area contributed by atoms with E-state index in [1.807, 2.05) is 0 Å². The van der Waals surface area contributed by atoms with Crippen LogP contribution in [0, 0.1) is 11.6 Å². The van der Waals surface area contributed by atoms with Crippen molar-refractivity contribution in [2.24, 2.45) is 0 Å². The third kappa shape index (κ3) is 2.76. The Kier molecular flexibility index (Phi) is 4.31. The molecule has 1 heterocycles. The lowest BCUT2D eigenvalue weighted by Crippen LogP contribution is -2.19. The standard InChI is InChI=1S/C17H12ClF2N3O/c1-21-17(24)15-14(18)16(10-5-3-2-4-6-10)23(22-15)13-9-11(19)7-8-12(13)20/h2-9H,1H3,(H,21,24). The van der Waals surface area contributed by atoms with Crippen LogP contribution in [0.15, 0.2) is 48.5 Å². The largest absolute Gasteiger partial charge is 0.354 e. The zero-order valence-corrected chi connectivity index (χ0v) is 13.3. The van der Waals surface area contributed by atoms with Gasteiger partial charge in [0.15, 0.2) is 5.69 Å². The van der Waals surface area contributed by atoms with Gasteiger partial charge in [-0.15, -0.1) is 0 Å². The van der Waals surface area contributed by atoms with Gasteiger partial charge in [0.05, 0.1) is 5.69 Å². The van der Waals surface area contributed by atoms with Crippen molar-refractivity contribution >= 4 is 17.5 Å². The number of amides is 1. The lowest BCUT2D eigenvalue weighted by atomic mass is 10.1. The number of carbonyl (C=O) groups excluding carboxylic acids is 1. The molecule has 0 aliphatic carbocycles. The number of carbonyl (C=O) groups is 1. The average molecular weight is 348 g/mol. The first kappa shape index (κ1) is 16.1. The van der Waals surface area contributed by atoms with Crippen LogP contribution in [0.3, 0.4) is 0 Å². The Bertz CT molecular complexity index is 910. The van der Waals surface area contributed by atoms with E-state index >= 15 is 0 Å². The molecule has 0 atom stereocenters. The summed E-state index contributed by atoms with van der Waals surface area (Å²) in [5.41, 5.74) is 0.724. The third-order valence-corrected chi connectivity index (χ3v) is 3.81. The molecule has 0 fully saturated rings. The molecule has 122 valence electrons. The van der Waals surface area contributed by atoms with Gasteiger partial charge in [0.25, 0.3) is 5.91 Å². The quantitative estimate of drug-likeness (QED) is 0.782. The van der Waals surface area contributed by atoms with Crippen LogP contribution in [0.25, 0.3) is 16.9 Å². The van der Waals surface area contributed by atoms with Crippen molar-refractivity contribution in [3.8, 4) is 16.9 Å².